The molecular formula is C15H19ClN2O4S. The molecule has 1 heterocycles. The predicted octanol–water partition coefficient (Wildman–Crippen LogP) is 1.21. The average molecular weight is 359 g/mol. The molecular weight excluding hydrogens is 340 g/mol. The maximum atomic E-state index is 12.2. The van der Waals surface area contributed by atoms with E-state index in [1.54, 1.807) is 24.3 Å². The molecule has 1 fully saturated rings. The van der Waals surface area contributed by atoms with Crippen LogP contribution in [-0.4, -0.2) is 37.8 Å². The number of carbonyl (C=O) groups is 2. The molecule has 23 heavy (non-hydrogen) atoms. The van der Waals surface area contributed by atoms with Crippen molar-refractivity contribution >= 4 is 33.3 Å². The maximum absolute atomic E-state index is 12.2. The number of nitrogens with one attached hydrogen (secondary N) is 2. The second kappa shape index (κ2) is 7.31. The van der Waals surface area contributed by atoms with Gasteiger partial charge in [0.05, 0.1) is 24.0 Å². The zero-order chi connectivity index (χ0) is 17.0. The van der Waals surface area contributed by atoms with Gasteiger partial charge in [-0.2, -0.15) is 0 Å². The van der Waals surface area contributed by atoms with Gasteiger partial charge in [0.1, 0.15) is 0 Å². The van der Waals surface area contributed by atoms with E-state index < -0.39 is 15.9 Å². The standard InChI is InChI=1S/C15H19ClN2O4S/c1-10(19)17-14(11-2-4-12(16)5-3-11)8-15(20)18-13-6-7-23(21,22)9-13/h2-5,13-14H,6-9H2,1H3,(H,17,19)(H,18,20)/t13-,14-/m1/s1. The van der Waals surface area contributed by atoms with Gasteiger partial charge in [-0.05, 0) is 24.1 Å². The van der Waals surface area contributed by atoms with Gasteiger partial charge in [0, 0.05) is 18.0 Å². The highest BCUT2D eigenvalue weighted by Gasteiger charge is 2.29. The summed E-state index contributed by atoms with van der Waals surface area (Å²) >= 11 is 5.84. The van der Waals surface area contributed by atoms with E-state index >= 15 is 0 Å². The number of carbonyl (C=O) groups excluding carboxylic acids is 2. The minimum Gasteiger partial charge on any atom is -0.352 e. The summed E-state index contributed by atoms with van der Waals surface area (Å²) in [6.07, 6.45) is 0.470. The van der Waals surface area contributed by atoms with Crippen LogP contribution in [0.1, 0.15) is 31.4 Å². The van der Waals surface area contributed by atoms with E-state index in [9.17, 15) is 18.0 Å². The Hall–Kier alpha value is -1.60. The number of benzene rings is 1. The molecule has 2 amide bonds. The van der Waals surface area contributed by atoms with Crippen molar-refractivity contribution in [2.75, 3.05) is 11.5 Å². The highest BCUT2D eigenvalue weighted by Crippen LogP contribution is 2.20. The SMILES string of the molecule is CC(=O)N[C@H](CC(=O)N[C@@H]1CCS(=O)(=O)C1)c1ccc(Cl)cc1. The number of rotatable bonds is 5. The van der Waals surface area contributed by atoms with Crippen LogP contribution >= 0.6 is 11.6 Å². The number of hydrogen-bond acceptors (Lipinski definition) is 4. The fourth-order valence-electron chi connectivity index (χ4n) is 2.57. The predicted molar refractivity (Wildman–Crippen MR) is 87.8 cm³/mol. The second-order valence-electron chi connectivity index (χ2n) is 5.68. The Kier molecular flexibility index (Phi) is 5.64. The van der Waals surface area contributed by atoms with Gasteiger partial charge in [-0.25, -0.2) is 8.42 Å². The first kappa shape index (κ1) is 17.7. The lowest BCUT2D eigenvalue weighted by Gasteiger charge is -2.19. The van der Waals surface area contributed by atoms with E-state index in [0.29, 0.717) is 11.4 Å². The van der Waals surface area contributed by atoms with Crippen molar-refractivity contribution in [2.45, 2.75) is 31.8 Å². The molecule has 0 saturated carbocycles. The Morgan fingerprint density at radius 2 is 1.96 bits per heavy atom. The molecule has 1 aromatic carbocycles. The fourth-order valence-corrected chi connectivity index (χ4v) is 4.37. The molecule has 126 valence electrons. The van der Waals surface area contributed by atoms with Crippen LogP contribution in [-0.2, 0) is 19.4 Å². The summed E-state index contributed by atoms with van der Waals surface area (Å²) in [5.74, 6) is -0.462. The quantitative estimate of drug-likeness (QED) is 0.827. The van der Waals surface area contributed by atoms with Crippen molar-refractivity contribution in [3.05, 3.63) is 34.9 Å². The smallest absolute Gasteiger partial charge is 0.222 e. The fraction of sp³-hybridized carbons (Fsp3) is 0.467. The lowest BCUT2D eigenvalue weighted by molar-refractivity contribution is -0.123. The highest BCUT2D eigenvalue weighted by atomic mass is 35.5. The summed E-state index contributed by atoms with van der Waals surface area (Å²) < 4.78 is 22.8. The zero-order valence-corrected chi connectivity index (χ0v) is 14.3. The summed E-state index contributed by atoms with van der Waals surface area (Å²) in [4.78, 5) is 23.5. The minimum atomic E-state index is -3.04. The molecule has 1 saturated heterocycles. The van der Waals surface area contributed by atoms with Gasteiger partial charge in [-0.15, -0.1) is 0 Å². The van der Waals surface area contributed by atoms with Crippen molar-refractivity contribution in [3.8, 4) is 0 Å². The molecule has 0 bridgehead atoms. The molecule has 0 spiro atoms. The summed E-state index contributed by atoms with van der Waals surface area (Å²) in [5.41, 5.74) is 0.763. The molecule has 0 aliphatic carbocycles. The number of halogens is 1. The maximum Gasteiger partial charge on any atom is 0.222 e. The van der Waals surface area contributed by atoms with Gasteiger partial charge >= 0.3 is 0 Å². The molecule has 1 aliphatic heterocycles. The van der Waals surface area contributed by atoms with E-state index in [2.05, 4.69) is 10.6 Å². The van der Waals surface area contributed by atoms with Gasteiger partial charge < -0.3 is 10.6 Å². The molecule has 2 rings (SSSR count). The minimum absolute atomic E-state index is 0.0233. The van der Waals surface area contributed by atoms with Crippen molar-refractivity contribution in [1.29, 1.82) is 0 Å². The van der Waals surface area contributed by atoms with Crippen LogP contribution < -0.4 is 10.6 Å². The summed E-state index contributed by atoms with van der Waals surface area (Å²) in [6.45, 7) is 1.38. The van der Waals surface area contributed by atoms with Gasteiger partial charge in [0.2, 0.25) is 11.8 Å². The molecule has 1 aliphatic rings. The Morgan fingerprint density at radius 1 is 1.30 bits per heavy atom. The highest BCUT2D eigenvalue weighted by molar-refractivity contribution is 7.91. The van der Waals surface area contributed by atoms with Crippen LogP contribution in [0, 0.1) is 0 Å². The molecule has 2 N–H and O–H groups in total. The first-order valence-electron chi connectivity index (χ1n) is 7.27. The van der Waals surface area contributed by atoms with E-state index in [1.165, 1.54) is 6.92 Å². The first-order chi connectivity index (χ1) is 10.7. The van der Waals surface area contributed by atoms with E-state index in [1.807, 2.05) is 0 Å². The monoisotopic (exact) mass is 358 g/mol. The molecule has 0 unspecified atom stereocenters. The number of amides is 2. The Labute approximate surface area is 140 Å². The zero-order valence-electron chi connectivity index (χ0n) is 12.7. The van der Waals surface area contributed by atoms with Crippen LogP contribution in [0.5, 0.6) is 0 Å². The van der Waals surface area contributed by atoms with Gasteiger partial charge in [-0.3, -0.25) is 9.59 Å². The number of sulfone groups is 1. The van der Waals surface area contributed by atoms with E-state index in [-0.39, 0.29) is 35.8 Å². The third-order valence-electron chi connectivity index (χ3n) is 3.64. The Balaban J connectivity index is 2.01. The normalized spacial score (nSPS) is 20.7. The van der Waals surface area contributed by atoms with Crippen molar-refractivity contribution in [3.63, 3.8) is 0 Å². The molecule has 1 aromatic rings. The Bertz CT molecular complexity index is 688. The third kappa shape index (κ3) is 5.51. The average Bonchev–Trinajstić information content (AvgIpc) is 2.77. The number of hydrogen-bond donors (Lipinski definition) is 2. The van der Waals surface area contributed by atoms with Crippen molar-refractivity contribution < 1.29 is 18.0 Å². The molecule has 8 heteroatoms. The van der Waals surface area contributed by atoms with Crippen LogP contribution in [0.15, 0.2) is 24.3 Å². The molecule has 0 aromatic heterocycles. The van der Waals surface area contributed by atoms with Gasteiger partial charge in [0.15, 0.2) is 9.84 Å². The van der Waals surface area contributed by atoms with Crippen LogP contribution in [0.4, 0.5) is 0 Å². The molecule has 0 radical (unpaired) electrons. The lowest BCUT2D eigenvalue weighted by Crippen LogP contribution is -2.38. The second-order valence-corrected chi connectivity index (χ2v) is 8.34. The first-order valence-corrected chi connectivity index (χ1v) is 9.47. The van der Waals surface area contributed by atoms with Crippen LogP contribution in [0.2, 0.25) is 5.02 Å². The summed E-state index contributed by atoms with van der Waals surface area (Å²) in [5, 5.41) is 6.02. The van der Waals surface area contributed by atoms with E-state index in [4.69, 9.17) is 11.6 Å². The van der Waals surface area contributed by atoms with Crippen LogP contribution in [0.25, 0.3) is 0 Å². The topological polar surface area (TPSA) is 92.3 Å². The third-order valence-corrected chi connectivity index (χ3v) is 5.66. The van der Waals surface area contributed by atoms with Gasteiger partial charge in [-0.1, -0.05) is 23.7 Å². The molecule has 6 nitrogen and oxygen atoms in total. The van der Waals surface area contributed by atoms with Gasteiger partial charge in [0.25, 0.3) is 0 Å². The lowest BCUT2D eigenvalue weighted by atomic mass is 10.0. The van der Waals surface area contributed by atoms with Crippen molar-refractivity contribution in [1.82, 2.24) is 10.6 Å². The van der Waals surface area contributed by atoms with E-state index in [0.717, 1.165) is 5.56 Å². The largest absolute Gasteiger partial charge is 0.352 e. The molecule has 2 atom stereocenters. The van der Waals surface area contributed by atoms with Crippen LogP contribution in [0.3, 0.4) is 0 Å². The van der Waals surface area contributed by atoms with Crippen molar-refractivity contribution in [2.24, 2.45) is 0 Å². The Morgan fingerprint density at radius 3 is 2.48 bits per heavy atom. The summed E-state index contributed by atoms with van der Waals surface area (Å²) in [6, 6.07) is 6.03. The summed E-state index contributed by atoms with van der Waals surface area (Å²) in [7, 11) is -3.04.